The van der Waals surface area contributed by atoms with Crippen LogP contribution in [-0.2, 0) is 5.75 Å². The minimum absolute atomic E-state index is 0.333. The van der Waals surface area contributed by atoms with E-state index in [1.165, 1.54) is 5.56 Å². The van der Waals surface area contributed by atoms with Gasteiger partial charge in [0.25, 0.3) is 0 Å². The number of benzene rings is 1. The summed E-state index contributed by atoms with van der Waals surface area (Å²) >= 11 is 2.01. The maximum Gasteiger partial charge on any atom is 0.118 e. The van der Waals surface area contributed by atoms with E-state index in [1.807, 2.05) is 23.9 Å². The van der Waals surface area contributed by atoms with Crippen LogP contribution in [0.25, 0.3) is 0 Å². The Kier molecular flexibility index (Phi) is 4.72. The van der Waals surface area contributed by atoms with Gasteiger partial charge in [0.15, 0.2) is 0 Å². The van der Waals surface area contributed by atoms with Gasteiger partial charge in [0.1, 0.15) is 5.75 Å². The molecule has 1 rings (SSSR count). The van der Waals surface area contributed by atoms with E-state index < -0.39 is 0 Å². The average Bonchev–Trinajstić information content (AvgIpc) is 2.27. The number of hydrogen-bond donors (Lipinski definition) is 0. The summed E-state index contributed by atoms with van der Waals surface area (Å²) in [6.07, 6.45) is 0. The fourth-order valence-electron chi connectivity index (χ4n) is 1.16. The Morgan fingerprint density at radius 2 is 1.75 bits per heavy atom. The second kappa shape index (κ2) is 5.62. The zero-order chi connectivity index (χ0) is 12.2. The van der Waals surface area contributed by atoms with Crippen LogP contribution in [0.2, 0.25) is 0 Å². The molecule has 0 aromatic heterocycles. The van der Waals surface area contributed by atoms with Crippen LogP contribution in [0.15, 0.2) is 24.3 Å². The van der Waals surface area contributed by atoms with E-state index in [9.17, 15) is 0 Å². The molecule has 1 nitrogen and oxygen atoms in total. The molecule has 0 aliphatic heterocycles. The quantitative estimate of drug-likeness (QED) is 0.753. The third-order valence-electron chi connectivity index (χ3n) is 3.16. The standard InChI is InChI=1S/C14H22OS/c1-11(2)14(3,4)16-10-12-6-8-13(15-5)9-7-12/h6-9,11H,10H2,1-5H3. The lowest BCUT2D eigenvalue weighted by Crippen LogP contribution is -2.22. The highest BCUT2D eigenvalue weighted by Gasteiger charge is 2.22. The number of rotatable bonds is 5. The van der Waals surface area contributed by atoms with Crippen molar-refractivity contribution in [3.8, 4) is 5.75 Å². The van der Waals surface area contributed by atoms with Crippen molar-refractivity contribution in [1.82, 2.24) is 0 Å². The summed E-state index contributed by atoms with van der Waals surface area (Å²) in [5, 5.41) is 0. The lowest BCUT2D eigenvalue weighted by Gasteiger charge is -2.28. The number of hydrogen-bond acceptors (Lipinski definition) is 2. The van der Waals surface area contributed by atoms with Crippen LogP contribution in [0, 0.1) is 5.92 Å². The molecule has 16 heavy (non-hydrogen) atoms. The largest absolute Gasteiger partial charge is 0.497 e. The molecule has 0 spiro atoms. The van der Waals surface area contributed by atoms with Crippen molar-refractivity contribution in [3.63, 3.8) is 0 Å². The summed E-state index contributed by atoms with van der Waals surface area (Å²) < 4.78 is 5.48. The molecule has 2 heteroatoms. The van der Waals surface area contributed by atoms with Crippen LogP contribution in [0.5, 0.6) is 5.75 Å². The molecule has 0 amide bonds. The molecule has 0 aliphatic carbocycles. The Morgan fingerprint density at radius 3 is 2.19 bits per heavy atom. The van der Waals surface area contributed by atoms with Crippen molar-refractivity contribution in [3.05, 3.63) is 29.8 Å². The molecule has 0 fully saturated rings. The predicted octanol–water partition coefficient (Wildman–Crippen LogP) is 4.36. The zero-order valence-corrected chi connectivity index (χ0v) is 11.7. The molecular formula is C14H22OS. The molecule has 0 saturated heterocycles. The number of methoxy groups -OCH3 is 1. The SMILES string of the molecule is COc1ccc(CSC(C)(C)C(C)C)cc1. The van der Waals surface area contributed by atoms with Crippen molar-refractivity contribution < 1.29 is 4.74 Å². The Morgan fingerprint density at radius 1 is 1.19 bits per heavy atom. The lowest BCUT2D eigenvalue weighted by atomic mass is 10.00. The van der Waals surface area contributed by atoms with Crippen molar-refractivity contribution in [2.75, 3.05) is 7.11 Å². The van der Waals surface area contributed by atoms with Gasteiger partial charge < -0.3 is 4.74 Å². The van der Waals surface area contributed by atoms with Crippen molar-refractivity contribution in [2.24, 2.45) is 5.92 Å². The summed E-state index contributed by atoms with van der Waals surface area (Å²) in [7, 11) is 1.70. The first-order valence-corrected chi connectivity index (χ1v) is 6.71. The van der Waals surface area contributed by atoms with Crippen molar-refractivity contribution in [2.45, 2.75) is 38.2 Å². The topological polar surface area (TPSA) is 9.23 Å². The Labute approximate surface area is 104 Å². The fraction of sp³-hybridized carbons (Fsp3) is 0.571. The molecule has 0 unspecified atom stereocenters. The van der Waals surface area contributed by atoms with Gasteiger partial charge in [-0.1, -0.05) is 39.8 Å². The molecule has 0 heterocycles. The van der Waals surface area contributed by atoms with Crippen LogP contribution in [0.3, 0.4) is 0 Å². The van der Waals surface area contributed by atoms with Gasteiger partial charge in [-0.2, -0.15) is 11.8 Å². The molecule has 0 N–H and O–H groups in total. The van der Waals surface area contributed by atoms with Crippen LogP contribution in [0.1, 0.15) is 33.3 Å². The van der Waals surface area contributed by atoms with Crippen LogP contribution in [-0.4, -0.2) is 11.9 Å². The van der Waals surface area contributed by atoms with Crippen LogP contribution < -0.4 is 4.74 Å². The molecule has 0 saturated carbocycles. The van der Waals surface area contributed by atoms with E-state index in [4.69, 9.17) is 4.74 Å². The molecule has 90 valence electrons. The molecule has 0 bridgehead atoms. The number of thioether (sulfide) groups is 1. The summed E-state index contributed by atoms with van der Waals surface area (Å²) in [6, 6.07) is 8.33. The molecule has 0 radical (unpaired) electrons. The first kappa shape index (κ1) is 13.4. The van der Waals surface area contributed by atoms with Gasteiger partial charge >= 0.3 is 0 Å². The maximum atomic E-state index is 5.15. The maximum absolute atomic E-state index is 5.15. The van der Waals surface area contributed by atoms with Crippen LogP contribution in [0.4, 0.5) is 0 Å². The van der Waals surface area contributed by atoms with Gasteiger partial charge in [0, 0.05) is 10.5 Å². The van der Waals surface area contributed by atoms with Gasteiger partial charge in [-0.05, 0) is 23.6 Å². The van der Waals surface area contributed by atoms with E-state index in [0.717, 1.165) is 11.5 Å². The molecule has 1 aromatic carbocycles. The molecular weight excluding hydrogens is 216 g/mol. The molecule has 1 aromatic rings. The third kappa shape index (κ3) is 3.75. The summed E-state index contributed by atoms with van der Waals surface area (Å²) in [4.78, 5) is 0. The highest BCUT2D eigenvalue weighted by Crippen LogP contribution is 2.34. The minimum atomic E-state index is 0.333. The third-order valence-corrected chi connectivity index (χ3v) is 4.85. The molecule has 0 atom stereocenters. The highest BCUT2D eigenvalue weighted by molar-refractivity contribution is 7.99. The first-order valence-electron chi connectivity index (χ1n) is 5.72. The van der Waals surface area contributed by atoms with Gasteiger partial charge in [-0.25, -0.2) is 0 Å². The monoisotopic (exact) mass is 238 g/mol. The van der Waals surface area contributed by atoms with Crippen molar-refractivity contribution >= 4 is 11.8 Å². The summed E-state index contributed by atoms with van der Waals surface area (Å²) in [5.41, 5.74) is 1.36. The smallest absolute Gasteiger partial charge is 0.118 e. The van der Waals surface area contributed by atoms with Gasteiger partial charge in [0.05, 0.1) is 7.11 Å². The minimum Gasteiger partial charge on any atom is -0.497 e. The second-order valence-electron chi connectivity index (χ2n) is 4.89. The summed E-state index contributed by atoms with van der Waals surface area (Å²) in [6.45, 7) is 9.18. The molecule has 0 aliphatic rings. The average molecular weight is 238 g/mol. The zero-order valence-electron chi connectivity index (χ0n) is 10.9. The van der Waals surface area contributed by atoms with Crippen LogP contribution >= 0.6 is 11.8 Å². The van der Waals surface area contributed by atoms with E-state index in [0.29, 0.717) is 10.7 Å². The van der Waals surface area contributed by atoms with Gasteiger partial charge in [0.2, 0.25) is 0 Å². The van der Waals surface area contributed by atoms with E-state index in [2.05, 4.69) is 39.8 Å². The van der Waals surface area contributed by atoms with Gasteiger partial charge in [-0.3, -0.25) is 0 Å². The lowest BCUT2D eigenvalue weighted by molar-refractivity contribution is 0.414. The Hall–Kier alpha value is -0.630. The predicted molar refractivity (Wildman–Crippen MR) is 73.2 cm³/mol. The van der Waals surface area contributed by atoms with E-state index >= 15 is 0 Å². The van der Waals surface area contributed by atoms with Gasteiger partial charge in [-0.15, -0.1) is 0 Å². The first-order chi connectivity index (χ1) is 7.45. The van der Waals surface area contributed by atoms with E-state index in [1.54, 1.807) is 7.11 Å². The number of ether oxygens (including phenoxy) is 1. The highest BCUT2D eigenvalue weighted by atomic mass is 32.2. The van der Waals surface area contributed by atoms with E-state index in [-0.39, 0.29) is 0 Å². The summed E-state index contributed by atoms with van der Waals surface area (Å²) in [5.74, 6) is 2.68. The van der Waals surface area contributed by atoms with Crippen molar-refractivity contribution in [1.29, 1.82) is 0 Å². The normalized spacial score (nSPS) is 11.9. The second-order valence-corrected chi connectivity index (χ2v) is 6.52. The fourth-order valence-corrected chi connectivity index (χ4v) is 2.22. The Bertz CT molecular complexity index is 314. The Balaban J connectivity index is 2.54.